The number of nitrogens with zero attached hydrogens (tertiary/aromatic N) is 2. The van der Waals surface area contributed by atoms with Crippen molar-refractivity contribution in [2.75, 3.05) is 32.1 Å². The fourth-order valence-electron chi connectivity index (χ4n) is 2.68. The van der Waals surface area contributed by atoms with Gasteiger partial charge in [0.2, 0.25) is 11.8 Å². The zero-order valence-electron chi connectivity index (χ0n) is 13.1. The molecule has 1 N–H and O–H groups in total. The molecule has 1 aliphatic carbocycles. The monoisotopic (exact) mass is 309 g/mol. The number of amides is 2. The summed E-state index contributed by atoms with van der Waals surface area (Å²) < 4.78 is 9.93. The summed E-state index contributed by atoms with van der Waals surface area (Å²) in [4.78, 5) is 26.2. The van der Waals surface area contributed by atoms with Crippen LogP contribution < -0.4 is 5.32 Å². The first-order valence-electron chi connectivity index (χ1n) is 7.61. The van der Waals surface area contributed by atoms with Crippen LogP contribution in [0.3, 0.4) is 0 Å². The molecular formula is C15H23N3O4. The molecule has 0 aromatic carbocycles. The second kappa shape index (κ2) is 7.93. The standard InChI is InChI=1S/C15H23N3O4/c1-11-9-13(17-22-11)16-14(19)10-18(7-8-21-2)15(20)12-5-3-4-6-12/h9,12H,3-8,10H2,1-2H3,(H,16,17,19). The summed E-state index contributed by atoms with van der Waals surface area (Å²) in [6.45, 7) is 2.58. The van der Waals surface area contributed by atoms with Gasteiger partial charge in [-0.3, -0.25) is 9.59 Å². The molecule has 1 heterocycles. The number of anilines is 1. The summed E-state index contributed by atoms with van der Waals surface area (Å²) in [5.41, 5.74) is 0. The fourth-order valence-corrected chi connectivity index (χ4v) is 2.68. The second-order valence-corrected chi connectivity index (χ2v) is 5.60. The van der Waals surface area contributed by atoms with E-state index in [4.69, 9.17) is 9.26 Å². The molecule has 0 spiro atoms. The van der Waals surface area contributed by atoms with E-state index in [1.165, 1.54) is 0 Å². The summed E-state index contributed by atoms with van der Waals surface area (Å²) in [6, 6.07) is 1.64. The molecule has 2 amide bonds. The van der Waals surface area contributed by atoms with Crippen LogP contribution in [0.25, 0.3) is 0 Å². The Morgan fingerprint density at radius 2 is 2.18 bits per heavy atom. The Bertz CT molecular complexity index is 509. The van der Waals surface area contributed by atoms with E-state index in [2.05, 4.69) is 10.5 Å². The first kappa shape index (κ1) is 16.5. The molecule has 1 aliphatic rings. The number of nitrogens with one attached hydrogen (secondary N) is 1. The molecule has 0 radical (unpaired) electrons. The van der Waals surface area contributed by atoms with Gasteiger partial charge in [0.15, 0.2) is 5.82 Å². The lowest BCUT2D eigenvalue weighted by molar-refractivity contribution is -0.138. The van der Waals surface area contributed by atoms with Gasteiger partial charge in [0.05, 0.1) is 13.2 Å². The fraction of sp³-hybridized carbons (Fsp3) is 0.667. The van der Waals surface area contributed by atoms with Gasteiger partial charge in [-0.1, -0.05) is 18.0 Å². The maximum Gasteiger partial charge on any atom is 0.245 e. The van der Waals surface area contributed by atoms with Gasteiger partial charge >= 0.3 is 0 Å². The number of aryl methyl sites for hydroxylation is 1. The largest absolute Gasteiger partial charge is 0.383 e. The third-order valence-corrected chi connectivity index (χ3v) is 3.81. The Morgan fingerprint density at radius 1 is 1.45 bits per heavy atom. The first-order valence-corrected chi connectivity index (χ1v) is 7.61. The quantitative estimate of drug-likeness (QED) is 0.826. The molecule has 0 saturated heterocycles. The number of methoxy groups -OCH3 is 1. The molecule has 22 heavy (non-hydrogen) atoms. The van der Waals surface area contributed by atoms with Crippen molar-refractivity contribution >= 4 is 17.6 Å². The highest BCUT2D eigenvalue weighted by atomic mass is 16.5. The van der Waals surface area contributed by atoms with Gasteiger partial charge in [0.25, 0.3) is 0 Å². The van der Waals surface area contributed by atoms with Crippen LogP contribution in [0.4, 0.5) is 5.82 Å². The van der Waals surface area contributed by atoms with Crippen LogP contribution in [0, 0.1) is 12.8 Å². The molecule has 122 valence electrons. The minimum Gasteiger partial charge on any atom is -0.383 e. The summed E-state index contributed by atoms with van der Waals surface area (Å²) >= 11 is 0. The van der Waals surface area contributed by atoms with Gasteiger partial charge in [-0.15, -0.1) is 0 Å². The molecule has 2 rings (SSSR count). The maximum atomic E-state index is 12.5. The van der Waals surface area contributed by atoms with Crippen LogP contribution >= 0.6 is 0 Å². The second-order valence-electron chi connectivity index (χ2n) is 5.60. The minimum atomic E-state index is -0.282. The van der Waals surface area contributed by atoms with Crippen LogP contribution in [0.5, 0.6) is 0 Å². The first-order chi connectivity index (χ1) is 10.6. The van der Waals surface area contributed by atoms with Crippen LogP contribution in [0.1, 0.15) is 31.4 Å². The van der Waals surface area contributed by atoms with E-state index >= 15 is 0 Å². The Balaban J connectivity index is 1.92. The van der Waals surface area contributed by atoms with Crippen molar-refractivity contribution in [3.05, 3.63) is 11.8 Å². The average molecular weight is 309 g/mol. The van der Waals surface area contributed by atoms with E-state index in [1.54, 1.807) is 25.0 Å². The summed E-state index contributed by atoms with van der Waals surface area (Å²) in [5, 5.41) is 6.35. The average Bonchev–Trinajstić information content (AvgIpc) is 3.14. The molecular weight excluding hydrogens is 286 g/mol. The third kappa shape index (κ3) is 4.56. The molecule has 1 saturated carbocycles. The number of carbonyl (C=O) groups excluding carboxylic acids is 2. The van der Waals surface area contributed by atoms with Crippen molar-refractivity contribution in [3.8, 4) is 0 Å². The number of aromatic nitrogens is 1. The zero-order chi connectivity index (χ0) is 15.9. The Labute approximate surface area is 130 Å². The van der Waals surface area contributed by atoms with Crippen LogP contribution in [-0.4, -0.2) is 48.7 Å². The normalized spacial score (nSPS) is 15.0. The molecule has 1 aromatic heterocycles. The molecule has 1 fully saturated rings. The minimum absolute atomic E-state index is 0.00456. The van der Waals surface area contributed by atoms with E-state index in [0.29, 0.717) is 24.7 Å². The number of hydrogen-bond donors (Lipinski definition) is 1. The SMILES string of the molecule is COCCN(CC(=O)Nc1cc(C)on1)C(=O)C1CCCC1. The van der Waals surface area contributed by atoms with E-state index in [0.717, 1.165) is 25.7 Å². The van der Waals surface area contributed by atoms with Gasteiger partial charge in [-0.2, -0.15) is 0 Å². The predicted octanol–water partition coefficient (Wildman–Crippen LogP) is 1.59. The maximum absolute atomic E-state index is 12.5. The van der Waals surface area contributed by atoms with Crippen molar-refractivity contribution < 1.29 is 18.8 Å². The van der Waals surface area contributed by atoms with E-state index in [-0.39, 0.29) is 24.3 Å². The lowest BCUT2D eigenvalue weighted by Gasteiger charge is -2.24. The molecule has 0 unspecified atom stereocenters. The number of ether oxygens (including phenoxy) is 1. The number of carbonyl (C=O) groups is 2. The topological polar surface area (TPSA) is 84.7 Å². The van der Waals surface area contributed by atoms with Crippen molar-refractivity contribution in [2.45, 2.75) is 32.6 Å². The van der Waals surface area contributed by atoms with Crippen molar-refractivity contribution in [1.29, 1.82) is 0 Å². The highest BCUT2D eigenvalue weighted by Gasteiger charge is 2.28. The highest BCUT2D eigenvalue weighted by molar-refractivity contribution is 5.94. The summed E-state index contributed by atoms with van der Waals surface area (Å²) in [6.07, 6.45) is 3.98. The zero-order valence-corrected chi connectivity index (χ0v) is 13.1. The van der Waals surface area contributed by atoms with Gasteiger partial charge in [-0.25, -0.2) is 0 Å². The smallest absolute Gasteiger partial charge is 0.245 e. The lowest BCUT2D eigenvalue weighted by atomic mass is 10.1. The summed E-state index contributed by atoms with van der Waals surface area (Å²) in [5.74, 6) is 0.784. The Morgan fingerprint density at radius 3 is 2.77 bits per heavy atom. The highest BCUT2D eigenvalue weighted by Crippen LogP contribution is 2.26. The van der Waals surface area contributed by atoms with E-state index < -0.39 is 0 Å². The van der Waals surface area contributed by atoms with Crippen LogP contribution in [0.15, 0.2) is 10.6 Å². The molecule has 0 aliphatic heterocycles. The third-order valence-electron chi connectivity index (χ3n) is 3.81. The molecule has 0 bridgehead atoms. The van der Waals surface area contributed by atoms with E-state index in [9.17, 15) is 9.59 Å². The molecule has 1 aromatic rings. The molecule has 0 atom stereocenters. The predicted molar refractivity (Wildman–Crippen MR) is 80.3 cm³/mol. The van der Waals surface area contributed by atoms with Crippen LogP contribution in [0.2, 0.25) is 0 Å². The van der Waals surface area contributed by atoms with Crippen molar-refractivity contribution in [1.82, 2.24) is 10.1 Å². The van der Waals surface area contributed by atoms with Gasteiger partial charge in [-0.05, 0) is 19.8 Å². The van der Waals surface area contributed by atoms with Gasteiger partial charge in [0.1, 0.15) is 5.76 Å². The Kier molecular flexibility index (Phi) is 5.94. The van der Waals surface area contributed by atoms with Gasteiger partial charge < -0.3 is 19.5 Å². The number of rotatable bonds is 7. The van der Waals surface area contributed by atoms with Crippen LogP contribution in [-0.2, 0) is 14.3 Å². The lowest BCUT2D eigenvalue weighted by Crippen LogP contribution is -2.42. The van der Waals surface area contributed by atoms with Crippen molar-refractivity contribution in [2.24, 2.45) is 5.92 Å². The molecule has 7 heteroatoms. The van der Waals surface area contributed by atoms with Gasteiger partial charge in [0, 0.05) is 25.6 Å². The summed E-state index contributed by atoms with van der Waals surface area (Å²) in [7, 11) is 1.58. The van der Waals surface area contributed by atoms with Crippen molar-refractivity contribution in [3.63, 3.8) is 0 Å². The molecule has 7 nitrogen and oxygen atoms in total. The number of hydrogen-bond acceptors (Lipinski definition) is 5. The van der Waals surface area contributed by atoms with E-state index in [1.807, 2.05) is 0 Å². The Hall–Kier alpha value is -1.89.